The fourth-order valence-electron chi connectivity index (χ4n) is 10.6. The molecule has 1 fully saturated rings. The second-order valence-corrected chi connectivity index (χ2v) is 21.0. The lowest BCUT2D eigenvalue weighted by molar-refractivity contribution is 0.420. The molecule has 0 saturated heterocycles. The zero-order chi connectivity index (χ0) is 49.6. The number of rotatable bonds is 9. The highest BCUT2D eigenvalue weighted by Gasteiger charge is 2.27. The van der Waals surface area contributed by atoms with Crippen molar-refractivity contribution in [3.05, 3.63) is 222 Å². The van der Waals surface area contributed by atoms with E-state index in [-0.39, 0.29) is 5.41 Å². The molecule has 9 aromatic carbocycles. The zero-order valence-electron chi connectivity index (χ0n) is 42.9. The van der Waals surface area contributed by atoms with Gasteiger partial charge in [-0.1, -0.05) is 204 Å². The van der Waals surface area contributed by atoms with Crippen molar-refractivity contribution in [1.82, 2.24) is 0 Å². The van der Waals surface area contributed by atoms with Crippen LogP contribution in [-0.2, 0) is 11.8 Å². The van der Waals surface area contributed by atoms with Crippen LogP contribution in [0.5, 0.6) is 0 Å². The first-order valence-corrected chi connectivity index (χ1v) is 26.6. The van der Waals surface area contributed by atoms with Crippen LogP contribution in [-0.4, -0.2) is 0 Å². The van der Waals surface area contributed by atoms with Gasteiger partial charge in [-0.2, -0.15) is 0 Å². The predicted molar refractivity (Wildman–Crippen MR) is 314 cm³/mol. The zero-order valence-corrected chi connectivity index (χ0v) is 43.7. The minimum absolute atomic E-state index is 0.00886. The van der Waals surface area contributed by atoms with Gasteiger partial charge < -0.3 is 4.42 Å². The lowest BCUT2D eigenvalue weighted by atomic mass is 9.77. The second-order valence-electron chi connectivity index (χ2n) is 19.9. The number of benzene rings is 9. The number of aryl methyl sites for hydroxylation is 2. The summed E-state index contributed by atoms with van der Waals surface area (Å²) in [5.41, 5.74) is 16.6. The van der Waals surface area contributed by atoms with E-state index in [2.05, 4.69) is 244 Å². The average molecular weight is 945 g/mol. The fraction of sp³-hybridized carbons (Fsp3) is 0.217. The van der Waals surface area contributed by atoms with Gasteiger partial charge in [0.2, 0.25) is 0 Å². The van der Waals surface area contributed by atoms with Gasteiger partial charge >= 0.3 is 0 Å². The Bertz CT molecular complexity index is 3610. The van der Waals surface area contributed by atoms with Crippen LogP contribution in [0.2, 0.25) is 0 Å². The maximum absolute atomic E-state index is 6.48. The average Bonchev–Trinajstić information content (AvgIpc) is 3.96. The summed E-state index contributed by atoms with van der Waals surface area (Å²) in [7, 11) is 0. The molecule has 12 rings (SSSR count). The van der Waals surface area contributed by atoms with Gasteiger partial charge in [0.1, 0.15) is 11.2 Å². The van der Waals surface area contributed by atoms with Crippen LogP contribution in [0.1, 0.15) is 105 Å². The van der Waals surface area contributed by atoms with Gasteiger partial charge in [-0.05, 0) is 159 Å². The van der Waals surface area contributed by atoms with Gasteiger partial charge in [0.05, 0.1) is 0 Å². The van der Waals surface area contributed by atoms with E-state index in [0.717, 1.165) is 23.5 Å². The molecule has 0 unspecified atom stereocenters. The SMILES string of the molecule is C/C=C\c1c(C(C)(C)Cc2ccc(-c3cccc(-c4cc5oc6cccc7c8ccccc8c(c4)c5c67)c3)cc2)sc2ccccc12.C=C.CCCC.Cc1ccc(-c2ccccc2C2CCC2)c(C)c1. The molecule has 356 valence electrons. The molecule has 1 saturated carbocycles. The van der Waals surface area contributed by atoms with E-state index in [1.165, 1.54) is 135 Å². The van der Waals surface area contributed by atoms with Crippen molar-refractivity contribution < 1.29 is 4.42 Å². The Balaban J connectivity index is 0.000000216. The Kier molecular flexibility index (Phi) is 14.9. The lowest BCUT2D eigenvalue weighted by Gasteiger charge is -2.28. The highest BCUT2D eigenvalue weighted by molar-refractivity contribution is 7.19. The number of hydrogen-bond acceptors (Lipinski definition) is 2. The molecule has 0 amide bonds. The van der Waals surface area contributed by atoms with Gasteiger partial charge in [0, 0.05) is 25.8 Å². The Morgan fingerprint density at radius 1 is 0.577 bits per heavy atom. The first-order valence-electron chi connectivity index (χ1n) is 25.8. The Morgan fingerprint density at radius 3 is 1.90 bits per heavy atom. The summed E-state index contributed by atoms with van der Waals surface area (Å²) in [4.78, 5) is 1.45. The summed E-state index contributed by atoms with van der Waals surface area (Å²) in [5.74, 6) is 0.793. The molecule has 11 aromatic rings. The minimum Gasteiger partial charge on any atom is -0.456 e. The van der Waals surface area contributed by atoms with Crippen LogP contribution >= 0.6 is 11.3 Å². The normalized spacial score (nSPS) is 12.7. The summed E-state index contributed by atoms with van der Waals surface area (Å²) >= 11 is 1.94. The quantitative estimate of drug-likeness (QED) is 0.104. The van der Waals surface area contributed by atoms with Crippen molar-refractivity contribution in [3.8, 4) is 33.4 Å². The van der Waals surface area contributed by atoms with E-state index in [0.29, 0.717) is 0 Å². The number of unbranched alkanes of at least 4 members (excludes halogenated alkanes) is 1. The third-order valence-corrected chi connectivity index (χ3v) is 16.0. The smallest absolute Gasteiger partial charge is 0.136 e. The topological polar surface area (TPSA) is 13.1 Å². The molecule has 0 N–H and O–H groups in total. The second kappa shape index (κ2) is 21.6. The van der Waals surface area contributed by atoms with Crippen LogP contribution < -0.4 is 0 Å². The number of furan rings is 1. The van der Waals surface area contributed by atoms with Gasteiger partial charge in [-0.15, -0.1) is 24.5 Å². The largest absolute Gasteiger partial charge is 0.456 e. The fourth-order valence-corrected chi connectivity index (χ4v) is 11.9. The molecule has 0 spiro atoms. The number of allylic oxidation sites excluding steroid dienone is 1. The van der Waals surface area contributed by atoms with Crippen molar-refractivity contribution in [2.75, 3.05) is 0 Å². The maximum Gasteiger partial charge on any atom is 0.136 e. The first kappa shape index (κ1) is 49.0. The minimum atomic E-state index is 0.00886. The van der Waals surface area contributed by atoms with Crippen molar-refractivity contribution in [1.29, 1.82) is 0 Å². The van der Waals surface area contributed by atoms with Crippen LogP contribution in [0, 0.1) is 13.8 Å². The van der Waals surface area contributed by atoms with E-state index >= 15 is 0 Å². The van der Waals surface area contributed by atoms with Crippen LogP contribution in [0.3, 0.4) is 0 Å². The monoisotopic (exact) mass is 944 g/mol. The molecule has 1 aliphatic carbocycles. The summed E-state index contributed by atoms with van der Waals surface area (Å²) in [5, 5.41) is 8.85. The van der Waals surface area contributed by atoms with Gasteiger partial charge in [0.15, 0.2) is 0 Å². The van der Waals surface area contributed by atoms with Gasteiger partial charge in [-0.3, -0.25) is 0 Å². The van der Waals surface area contributed by atoms with Crippen molar-refractivity contribution >= 4 is 71.0 Å². The summed E-state index contributed by atoms with van der Waals surface area (Å²) < 4.78 is 7.84. The molecule has 0 atom stereocenters. The number of thiophene rings is 1. The number of hydrogen-bond donors (Lipinski definition) is 0. The maximum atomic E-state index is 6.48. The van der Waals surface area contributed by atoms with Crippen LogP contribution in [0.4, 0.5) is 0 Å². The molecular weight excluding hydrogens is 877 g/mol. The summed E-state index contributed by atoms with van der Waals surface area (Å²) in [6.45, 7) is 21.6. The highest BCUT2D eigenvalue weighted by Crippen LogP contribution is 2.46. The van der Waals surface area contributed by atoms with Crippen LogP contribution in [0.15, 0.2) is 194 Å². The summed E-state index contributed by atoms with van der Waals surface area (Å²) in [6.07, 6.45) is 12.2. The van der Waals surface area contributed by atoms with E-state index < -0.39 is 0 Å². The molecule has 2 heteroatoms. The third kappa shape index (κ3) is 9.88. The van der Waals surface area contributed by atoms with Crippen molar-refractivity contribution in [2.24, 2.45) is 0 Å². The van der Waals surface area contributed by atoms with Crippen LogP contribution in [0.25, 0.3) is 93.0 Å². The van der Waals surface area contributed by atoms with E-state index in [4.69, 9.17) is 4.42 Å². The highest BCUT2D eigenvalue weighted by atomic mass is 32.1. The summed E-state index contributed by atoms with van der Waals surface area (Å²) in [6, 6.07) is 62.3. The standard InChI is InChI=1S/C45H34OS.C18H20.C4H10.C2H4/c1-4-11-37-35-16-7-8-19-41(35)47-44(37)45(2,3)27-28-20-22-29(23-21-28)30-12-9-13-31(24-30)32-25-38-34-15-6-5-14-33(34)36-17-10-18-39-42(36)43(38)40(26-32)46-39;1-13-10-11-16(14(2)12-13)18-9-4-3-8-17(18)15-6-5-7-15;1-3-4-2;1-2/h4-26H,27H2,1-3H3;3-4,8-12,15H,5-7H2,1-2H3;3-4H2,1-2H3;1-2H2/b11-4-;;;. The molecule has 1 aliphatic rings. The molecule has 0 radical (unpaired) electrons. The molecule has 2 aromatic heterocycles. The number of fused-ring (bicyclic) bond motifs is 4. The molecule has 71 heavy (non-hydrogen) atoms. The van der Waals surface area contributed by atoms with Gasteiger partial charge in [-0.25, -0.2) is 0 Å². The Hall–Kier alpha value is -7.00. The lowest BCUT2D eigenvalue weighted by Crippen LogP contribution is -2.20. The molecular formula is C69H68OS. The molecule has 2 heterocycles. The third-order valence-electron chi connectivity index (χ3n) is 14.5. The predicted octanol–water partition coefficient (Wildman–Crippen LogP) is 21.3. The molecule has 0 bridgehead atoms. The molecule has 1 nitrogen and oxygen atoms in total. The first-order chi connectivity index (χ1) is 34.6. The van der Waals surface area contributed by atoms with E-state index in [1.54, 1.807) is 5.56 Å². The van der Waals surface area contributed by atoms with Crippen molar-refractivity contribution in [3.63, 3.8) is 0 Å². The Labute approximate surface area is 426 Å². The van der Waals surface area contributed by atoms with E-state index in [1.807, 2.05) is 11.3 Å². The van der Waals surface area contributed by atoms with Gasteiger partial charge in [0.25, 0.3) is 0 Å². The van der Waals surface area contributed by atoms with E-state index in [9.17, 15) is 0 Å². The Morgan fingerprint density at radius 2 is 1.21 bits per heavy atom. The van der Waals surface area contributed by atoms with Crippen molar-refractivity contribution in [2.45, 2.75) is 98.3 Å². The molecule has 0 aliphatic heterocycles.